The minimum absolute atomic E-state index is 0.350. The van der Waals surface area contributed by atoms with Gasteiger partial charge in [-0.15, -0.1) is 0 Å². The Balaban J connectivity index is 2.32. The fourth-order valence-electron chi connectivity index (χ4n) is 2.49. The largest absolute Gasteiger partial charge is 0.469 e. The average Bonchev–Trinajstić information content (AvgIpc) is 2.50. The molecule has 23 heavy (non-hydrogen) atoms. The lowest BCUT2D eigenvalue weighted by Crippen LogP contribution is -2.40. The Morgan fingerprint density at radius 1 is 1.30 bits per heavy atom. The van der Waals surface area contributed by atoms with Gasteiger partial charge in [0.25, 0.3) is 0 Å². The van der Waals surface area contributed by atoms with Gasteiger partial charge in [0.2, 0.25) is 0 Å². The maximum Gasteiger partial charge on any atom is 0.416 e. The summed E-state index contributed by atoms with van der Waals surface area (Å²) in [5.74, 6) is -0.247. The summed E-state index contributed by atoms with van der Waals surface area (Å²) in [6.45, 7) is 7.79. The van der Waals surface area contributed by atoms with E-state index in [0.717, 1.165) is 18.4 Å². The van der Waals surface area contributed by atoms with Crippen molar-refractivity contribution in [3.05, 3.63) is 23.4 Å². The number of carbonyl (C=O) groups excluding carboxylic acids is 2. The summed E-state index contributed by atoms with van der Waals surface area (Å²) in [5, 5.41) is 0. The second kappa shape index (κ2) is 6.56. The molecule has 1 unspecified atom stereocenters. The monoisotopic (exact) mass is 320 g/mol. The number of amides is 1. The predicted octanol–water partition coefficient (Wildman–Crippen LogP) is 3.05. The van der Waals surface area contributed by atoms with Crippen molar-refractivity contribution in [2.45, 2.75) is 52.1 Å². The smallest absolute Gasteiger partial charge is 0.416 e. The van der Waals surface area contributed by atoms with E-state index in [9.17, 15) is 9.59 Å². The molecule has 0 saturated carbocycles. The molecule has 2 heterocycles. The first-order chi connectivity index (χ1) is 10.7. The highest BCUT2D eigenvalue weighted by molar-refractivity contribution is 5.88. The van der Waals surface area contributed by atoms with Crippen molar-refractivity contribution in [2.75, 3.05) is 18.6 Å². The molecule has 1 atom stereocenters. The second-order valence-electron chi connectivity index (χ2n) is 6.70. The summed E-state index contributed by atoms with van der Waals surface area (Å²) in [6.07, 6.45) is 1.31. The quantitative estimate of drug-likeness (QED) is 0.783. The van der Waals surface area contributed by atoms with E-state index in [1.165, 1.54) is 7.11 Å². The zero-order valence-electron chi connectivity index (χ0n) is 14.4. The fourth-order valence-corrected chi connectivity index (χ4v) is 2.49. The highest BCUT2D eigenvalue weighted by atomic mass is 16.6. The van der Waals surface area contributed by atoms with Crippen LogP contribution in [-0.2, 0) is 20.7 Å². The molecular weight excluding hydrogens is 296 g/mol. The molecule has 0 fully saturated rings. The number of aryl methyl sites for hydroxylation is 1. The Kier molecular flexibility index (Phi) is 4.92. The molecule has 0 saturated heterocycles. The van der Waals surface area contributed by atoms with Crippen LogP contribution in [0, 0.1) is 0 Å². The van der Waals surface area contributed by atoms with Crippen LogP contribution >= 0.6 is 0 Å². The van der Waals surface area contributed by atoms with Crippen molar-refractivity contribution >= 4 is 17.9 Å². The zero-order valence-corrected chi connectivity index (χ0v) is 14.4. The van der Waals surface area contributed by atoms with Crippen LogP contribution in [0.1, 0.15) is 51.3 Å². The summed E-state index contributed by atoms with van der Waals surface area (Å²) in [7, 11) is 1.35. The van der Waals surface area contributed by atoms with Gasteiger partial charge in [0.05, 0.1) is 18.7 Å². The Bertz CT molecular complexity index is 607. The summed E-state index contributed by atoms with van der Waals surface area (Å²) in [4.78, 5) is 30.2. The van der Waals surface area contributed by atoms with Crippen LogP contribution in [0.5, 0.6) is 0 Å². The standard InChI is InChI=1S/C17H24N2O4/c1-11(15(20)22-5)13-9-8-12-7-6-10-19(14(12)18-13)16(21)23-17(2,3)4/h8-9,11H,6-7,10H2,1-5H3. The van der Waals surface area contributed by atoms with Crippen LogP contribution in [0.4, 0.5) is 10.6 Å². The van der Waals surface area contributed by atoms with Crippen LogP contribution < -0.4 is 4.90 Å². The van der Waals surface area contributed by atoms with Gasteiger partial charge in [-0.3, -0.25) is 9.69 Å². The first-order valence-electron chi connectivity index (χ1n) is 7.81. The molecule has 6 heteroatoms. The molecule has 6 nitrogen and oxygen atoms in total. The number of rotatable bonds is 2. The molecule has 126 valence electrons. The lowest BCUT2D eigenvalue weighted by molar-refractivity contribution is -0.142. The number of hydrogen-bond acceptors (Lipinski definition) is 5. The molecule has 0 N–H and O–H groups in total. The van der Waals surface area contributed by atoms with Crippen molar-refractivity contribution in [1.29, 1.82) is 0 Å². The number of esters is 1. The lowest BCUT2D eigenvalue weighted by Gasteiger charge is -2.31. The molecule has 0 radical (unpaired) electrons. The number of methoxy groups -OCH3 is 1. The van der Waals surface area contributed by atoms with Crippen LogP contribution in [0.15, 0.2) is 12.1 Å². The number of anilines is 1. The van der Waals surface area contributed by atoms with Crippen molar-refractivity contribution in [2.24, 2.45) is 0 Å². The van der Waals surface area contributed by atoms with E-state index in [2.05, 4.69) is 4.98 Å². The van der Waals surface area contributed by atoms with Crippen molar-refractivity contribution in [3.8, 4) is 0 Å². The van der Waals surface area contributed by atoms with Gasteiger partial charge in [-0.2, -0.15) is 0 Å². The van der Waals surface area contributed by atoms with Crippen LogP contribution in [-0.4, -0.2) is 36.3 Å². The highest BCUT2D eigenvalue weighted by Gasteiger charge is 2.29. The number of carbonyl (C=O) groups is 2. The SMILES string of the molecule is COC(=O)C(C)c1ccc2c(n1)N(C(=O)OC(C)(C)C)CCC2. The van der Waals surface area contributed by atoms with E-state index >= 15 is 0 Å². The molecule has 0 bridgehead atoms. The predicted molar refractivity (Wildman–Crippen MR) is 86.6 cm³/mol. The molecule has 1 aromatic rings. The molecule has 0 spiro atoms. The number of fused-ring (bicyclic) bond motifs is 1. The first kappa shape index (κ1) is 17.2. The van der Waals surface area contributed by atoms with E-state index < -0.39 is 17.6 Å². The summed E-state index contributed by atoms with van der Waals surface area (Å²) in [5.41, 5.74) is 1.01. The zero-order chi connectivity index (χ0) is 17.2. The molecular formula is C17H24N2O4. The molecule has 1 aromatic heterocycles. The van der Waals surface area contributed by atoms with Crippen molar-refractivity contribution < 1.29 is 19.1 Å². The number of ether oxygens (including phenoxy) is 2. The van der Waals surface area contributed by atoms with Gasteiger partial charge in [0.1, 0.15) is 11.4 Å². The number of aromatic nitrogens is 1. The number of hydrogen-bond donors (Lipinski definition) is 0. The Hall–Kier alpha value is -2.11. The maximum absolute atomic E-state index is 12.4. The minimum atomic E-state index is -0.564. The summed E-state index contributed by atoms with van der Waals surface area (Å²) in [6, 6.07) is 3.74. The summed E-state index contributed by atoms with van der Waals surface area (Å²) >= 11 is 0. The van der Waals surface area contributed by atoms with E-state index in [1.807, 2.05) is 32.9 Å². The van der Waals surface area contributed by atoms with Gasteiger partial charge >= 0.3 is 12.1 Å². The van der Waals surface area contributed by atoms with E-state index in [4.69, 9.17) is 9.47 Å². The molecule has 1 amide bonds. The van der Waals surface area contributed by atoms with Gasteiger partial charge in [-0.05, 0) is 52.2 Å². The van der Waals surface area contributed by atoms with Crippen molar-refractivity contribution in [1.82, 2.24) is 4.98 Å². The van der Waals surface area contributed by atoms with Crippen molar-refractivity contribution in [3.63, 3.8) is 0 Å². The van der Waals surface area contributed by atoms with E-state index in [0.29, 0.717) is 18.1 Å². The van der Waals surface area contributed by atoms with Gasteiger partial charge in [-0.1, -0.05) is 6.07 Å². The third kappa shape index (κ3) is 4.00. The van der Waals surface area contributed by atoms with Crippen LogP contribution in [0.25, 0.3) is 0 Å². The van der Waals surface area contributed by atoms with Crippen LogP contribution in [0.3, 0.4) is 0 Å². The Morgan fingerprint density at radius 3 is 2.61 bits per heavy atom. The third-order valence-corrected chi connectivity index (χ3v) is 3.67. The Labute approximate surface area is 136 Å². The fraction of sp³-hybridized carbons (Fsp3) is 0.588. The van der Waals surface area contributed by atoms with Gasteiger partial charge < -0.3 is 9.47 Å². The van der Waals surface area contributed by atoms with Gasteiger partial charge in [-0.25, -0.2) is 9.78 Å². The van der Waals surface area contributed by atoms with Gasteiger partial charge in [0, 0.05) is 6.54 Å². The first-order valence-corrected chi connectivity index (χ1v) is 7.81. The minimum Gasteiger partial charge on any atom is -0.469 e. The lowest BCUT2D eigenvalue weighted by atomic mass is 10.0. The normalized spacial score (nSPS) is 15.6. The molecule has 0 aliphatic carbocycles. The highest BCUT2D eigenvalue weighted by Crippen LogP contribution is 2.29. The number of nitrogens with zero attached hydrogens (tertiary/aromatic N) is 2. The van der Waals surface area contributed by atoms with Gasteiger partial charge in [0.15, 0.2) is 0 Å². The maximum atomic E-state index is 12.4. The van der Waals surface area contributed by atoms with E-state index in [1.54, 1.807) is 11.8 Å². The molecule has 0 aromatic carbocycles. The molecule has 1 aliphatic rings. The average molecular weight is 320 g/mol. The van der Waals surface area contributed by atoms with E-state index in [-0.39, 0.29) is 5.97 Å². The number of pyridine rings is 1. The van der Waals surface area contributed by atoms with Crippen LogP contribution in [0.2, 0.25) is 0 Å². The third-order valence-electron chi connectivity index (χ3n) is 3.67. The topological polar surface area (TPSA) is 68.7 Å². The molecule has 1 aliphatic heterocycles. The summed E-state index contributed by atoms with van der Waals surface area (Å²) < 4.78 is 10.2. The molecule has 2 rings (SSSR count). The Morgan fingerprint density at radius 2 is 2.00 bits per heavy atom. The second-order valence-corrected chi connectivity index (χ2v) is 6.70.